The summed E-state index contributed by atoms with van der Waals surface area (Å²) in [6.45, 7) is 8.40. The molecule has 1 amide bonds. The Bertz CT molecular complexity index is 1090. The quantitative estimate of drug-likeness (QED) is 0.137. The van der Waals surface area contributed by atoms with E-state index >= 15 is 0 Å². The number of nitrogens with zero attached hydrogens (tertiary/aromatic N) is 2. The van der Waals surface area contributed by atoms with E-state index < -0.39 is 0 Å². The number of nitrogens with one attached hydrogen (secondary N) is 2. The number of allylic oxidation sites excluding steroid dienone is 3. The first-order chi connectivity index (χ1) is 17.1. The Hall–Kier alpha value is -2.36. The van der Waals surface area contributed by atoms with Crippen LogP contribution in [0.2, 0.25) is 0 Å². The van der Waals surface area contributed by atoms with Crippen LogP contribution < -0.4 is 10.6 Å². The third-order valence-electron chi connectivity index (χ3n) is 6.47. The zero-order valence-corrected chi connectivity index (χ0v) is 22.3. The first kappa shape index (κ1) is 25.7. The highest BCUT2D eigenvalue weighted by molar-refractivity contribution is 14.1. The van der Waals surface area contributed by atoms with Crippen LogP contribution in [0.5, 0.6) is 0 Å². The molecule has 1 aromatic heterocycles. The van der Waals surface area contributed by atoms with Crippen LogP contribution in [-0.4, -0.2) is 34.9 Å². The molecule has 0 radical (unpaired) electrons. The summed E-state index contributed by atoms with van der Waals surface area (Å²) in [6.07, 6.45) is 10.9. The summed E-state index contributed by atoms with van der Waals surface area (Å²) in [4.78, 5) is 21.9. The normalized spacial score (nSPS) is 19.7. The molecule has 0 aliphatic heterocycles. The molecular weight excluding hydrogens is 551 g/mol. The van der Waals surface area contributed by atoms with Gasteiger partial charge in [0.25, 0.3) is 0 Å². The smallest absolute Gasteiger partial charge is 0.228 e. The monoisotopic (exact) mass is 584 g/mol. The maximum absolute atomic E-state index is 13.0. The molecule has 4 rings (SSSR count). The van der Waals surface area contributed by atoms with E-state index in [1.165, 1.54) is 18.4 Å². The molecule has 0 bridgehead atoms. The minimum absolute atomic E-state index is 0.0475. The van der Waals surface area contributed by atoms with Crippen molar-refractivity contribution in [1.29, 1.82) is 0 Å². The van der Waals surface area contributed by atoms with Crippen molar-refractivity contribution >= 4 is 46.0 Å². The van der Waals surface area contributed by atoms with Gasteiger partial charge in [-0.05, 0) is 72.6 Å². The second-order valence-electron chi connectivity index (χ2n) is 9.06. The Morgan fingerprint density at radius 2 is 2.09 bits per heavy atom. The molecule has 7 heteroatoms. The van der Waals surface area contributed by atoms with Crippen molar-refractivity contribution in [3.8, 4) is 0 Å². The highest BCUT2D eigenvalue weighted by Crippen LogP contribution is 2.49. The first-order valence-electron chi connectivity index (χ1n) is 12.2. The number of hydrogen-bond donors (Lipinski definition) is 2. The molecule has 184 valence electrons. The Labute approximate surface area is 221 Å². The third kappa shape index (κ3) is 7.32. The van der Waals surface area contributed by atoms with Crippen LogP contribution in [0.4, 0.5) is 5.69 Å². The summed E-state index contributed by atoms with van der Waals surface area (Å²) in [6, 6.07) is 10.0. The van der Waals surface area contributed by atoms with Gasteiger partial charge in [-0.2, -0.15) is 0 Å². The number of rotatable bonds is 13. The van der Waals surface area contributed by atoms with Crippen molar-refractivity contribution in [3.05, 3.63) is 77.8 Å². The Balaban J connectivity index is 1.33. The van der Waals surface area contributed by atoms with Gasteiger partial charge in [-0.1, -0.05) is 47.4 Å². The highest BCUT2D eigenvalue weighted by Gasteiger charge is 2.45. The molecule has 2 unspecified atom stereocenters. The Morgan fingerprint density at radius 3 is 2.80 bits per heavy atom. The Morgan fingerprint density at radius 1 is 1.29 bits per heavy atom. The van der Waals surface area contributed by atoms with Gasteiger partial charge in [0, 0.05) is 54.9 Å². The van der Waals surface area contributed by atoms with Gasteiger partial charge in [0.2, 0.25) is 5.91 Å². The largest absolute Gasteiger partial charge is 0.370 e. The van der Waals surface area contributed by atoms with Crippen molar-refractivity contribution in [1.82, 2.24) is 10.3 Å². The number of hydrogen-bond acceptors (Lipinski definition) is 5. The molecule has 2 aliphatic carbocycles. The molecule has 1 aromatic carbocycles. The number of carbonyl (C=O) groups is 1. The molecule has 2 aliphatic rings. The first-order valence-corrected chi connectivity index (χ1v) is 13.7. The van der Waals surface area contributed by atoms with E-state index in [2.05, 4.69) is 55.9 Å². The van der Waals surface area contributed by atoms with Crippen molar-refractivity contribution in [2.45, 2.75) is 38.6 Å². The Kier molecular flexibility index (Phi) is 9.23. The SMILES string of the molecule is C=C(/N=C\C(=C/C)c1ccncc1C1CC1C(=O)Nc1ccc(CNCCOCI)cc1)C1CC1. The molecule has 35 heavy (non-hydrogen) atoms. The maximum atomic E-state index is 13.0. The second-order valence-corrected chi connectivity index (χ2v) is 9.68. The standard InChI is InChI=1S/C28H33IN4O2/c1-3-21(16-32-19(2)22-6-7-22)24-10-11-30-17-27(24)25-14-26(25)28(34)33-23-8-4-20(5-9-23)15-31-12-13-35-18-29/h3-5,8-11,16-17,22,25-26,31H,2,6-7,12-15,18H2,1H3,(H,33,34)/b21-3+,32-16-. The molecule has 0 spiro atoms. The number of aromatic nitrogens is 1. The highest BCUT2D eigenvalue weighted by atomic mass is 127. The van der Waals surface area contributed by atoms with E-state index in [0.717, 1.165) is 47.6 Å². The second kappa shape index (κ2) is 12.6. The lowest BCUT2D eigenvalue weighted by molar-refractivity contribution is -0.117. The van der Waals surface area contributed by atoms with E-state index in [0.29, 0.717) is 17.1 Å². The number of anilines is 1. The van der Waals surface area contributed by atoms with Gasteiger partial charge in [-0.15, -0.1) is 0 Å². The number of aliphatic imine (C=N–C) groups is 1. The average molecular weight is 585 g/mol. The number of alkyl halides is 1. The summed E-state index contributed by atoms with van der Waals surface area (Å²) < 4.78 is 6.03. The van der Waals surface area contributed by atoms with E-state index in [-0.39, 0.29) is 17.7 Å². The molecule has 2 fully saturated rings. The van der Waals surface area contributed by atoms with Crippen molar-refractivity contribution in [2.75, 3.05) is 23.1 Å². The summed E-state index contributed by atoms with van der Waals surface area (Å²) in [5, 5.41) is 6.44. The van der Waals surface area contributed by atoms with E-state index in [9.17, 15) is 4.79 Å². The number of pyridine rings is 1. The van der Waals surface area contributed by atoms with Crippen molar-refractivity contribution in [2.24, 2.45) is 16.8 Å². The van der Waals surface area contributed by atoms with Gasteiger partial charge < -0.3 is 15.4 Å². The van der Waals surface area contributed by atoms with Crippen LogP contribution in [0.25, 0.3) is 5.57 Å². The van der Waals surface area contributed by atoms with Gasteiger partial charge in [0.15, 0.2) is 0 Å². The predicted molar refractivity (Wildman–Crippen MR) is 151 cm³/mol. The molecule has 0 saturated heterocycles. The van der Waals surface area contributed by atoms with E-state index in [4.69, 9.17) is 4.74 Å². The lowest BCUT2D eigenvalue weighted by Gasteiger charge is -2.10. The summed E-state index contributed by atoms with van der Waals surface area (Å²) in [7, 11) is 0. The van der Waals surface area contributed by atoms with Crippen LogP contribution in [0.15, 0.2) is 66.1 Å². The van der Waals surface area contributed by atoms with Crippen LogP contribution >= 0.6 is 22.6 Å². The molecule has 2 atom stereocenters. The number of ether oxygens (including phenoxy) is 1. The molecule has 1 heterocycles. The average Bonchev–Trinajstić information content (AvgIpc) is 3.79. The number of halogens is 1. The number of amides is 1. The van der Waals surface area contributed by atoms with Crippen molar-refractivity contribution < 1.29 is 9.53 Å². The summed E-state index contributed by atoms with van der Waals surface area (Å²) in [5.74, 6) is 0.725. The van der Waals surface area contributed by atoms with Gasteiger partial charge in [-0.3, -0.25) is 14.8 Å². The zero-order chi connectivity index (χ0) is 24.6. The van der Waals surface area contributed by atoms with Crippen LogP contribution in [0.1, 0.15) is 48.8 Å². The number of benzene rings is 1. The lowest BCUT2D eigenvalue weighted by Crippen LogP contribution is -2.19. The third-order valence-corrected chi connectivity index (χ3v) is 6.91. The fourth-order valence-electron chi connectivity index (χ4n) is 4.14. The molecule has 2 aromatic rings. The molecule has 6 nitrogen and oxygen atoms in total. The van der Waals surface area contributed by atoms with Gasteiger partial charge in [0.1, 0.15) is 0 Å². The van der Waals surface area contributed by atoms with Crippen LogP contribution in [-0.2, 0) is 16.1 Å². The predicted octanol–water partition coefficient (Wildman–Crippen LogP) is 5.72. The molecule has 2 N–H and O–H groups in total. The van der Waals surface area contributed by atoms with Gasteiger partial charge >= 0.3 is 0 Å². The fourth-order valence-corrected chi connectivity index (χ4v) is 4.45. The summed E-state index contributed by atoms with van der Waals surface area (Å²) in [5.41, 5.74) is 6.19. The molecular formula is C28H33IN4O2. The fraction of sp³-hybridized carbons (Fsp3) is 0.393. The van der Waals surface area contributed by atoms with Gasteiger partial charge in [-0.25, -0.2) is 0 Å². The maximum Gasteiger partial charge on any atom is 0.228 e. The number of carbonyl (C=O) groups excluding carboxylic acids is 1. The van der Waals surface area contributed by atoms with E-state index in [1.807, 2.05) is 49.7 Å². The van der Waals surface area contributed by atoms with Crippen LogP contribution in [0.3, 0.4) is 0 Å². The minimum Gasteiger partial charge on any atom is -0.370 e. The zero-order valence-electron chi connectivity index (χ0n) is 20.2. The topological polar surface area (TPSA) is 75.6 Å². The minimum atomic E-state index is -0.0475. The summed E-state index contributed by atoms with van der Waals surface area (Å²) >= 11 is 2.19. The van der Waals surface area contributed by atoms with Crippen molar-refractivity contribution in [3.63, 3.8) is 0 Å². The van der Waals surface area contributed by atoms with Gasteiger partial charge in [0.05, 0.1) is 11.2 Å². The van der Waals surface area contributed by atoms with Crippen LogP contribution in [0, 0.1) is 11.8 Å². The lowest BCUT2D eigenvalue weighted by atomic mass is 9.98. The molecule has 2 saturated carbocycles. The van der Waals surface area contributed by atoms with E-state index in [1.54, 1.807) is 6.20 Å².